The maximum Gasteiger partial charge on any atom is 0.411 e. The van der Waals surface area contributed by atoms with Gasteiger partial charge in [-0.05, 0) is 6.42 Å². The lowest BCUT2D eigenvalue weighted by Crippen LogP contribution is -2.37. The summed E-state index contributed by atoms with van der Waals surface area (Å²) in [6, 6.07) is 0. The first-order chi connectivity index (χ1) is 5.16. The summed E-state index contributed by atoms with van der Waals surface area (Å²) in [6.45, 7) is 0.585. The van der Waals surface area contributed by atoms with Crippen molar-refractivity contribution in [1.82, 2.24) is 4.90 Å². The van der Waals surface area contributed by atoms with Gasteiger partial charge in [0.2, 0.25) is 0 Å². The van der Waals surface area contributed by atoms with Crippen LogP contribution < -0.4 is 0 Å². The first-order valence-corrected chi connectivity index (χ1v) is 4.58. The van der Waals surface area contributed by atoms with Crippen LogP contribution in [0.2, 0.25) is 0 Å². The third-order valence-electron chi connectivity index (χ3n) is 1.70. The zero-order valence-corrected chi connectivity index (χ0v) is 8.32. The highest BCUT2D eigenvalue weighted by Gasteiger charge is 2.34. The summed E-state index contributed by atoms with van der Waals surface area (Å²) in [5, 5.41) is 9.38. The van der Waals surface area contributed by atoms with Crippen molar-refractivity contribution < 1.29 is 14.6 Å². The second-order valence-electron chi connectivity index (χ2n) is 2.38. The first-order valence-electron chi connectivity index (χ1n) is 3.33. The molecule has 2 atom stereocenters. The molecule has 0 saturated carbocycles. The summed E-state index contributed by atoms with van der Waals surface area (Å²) >= 11 is 2.12. The van der Waals surface area contributed by atoms with Crippen LogP contribution in [0, 0.1) is 0 Å². The van der Waals surface area contributed by atoms with Crippen molar-refractivity contribution in [2.45, 2.75) is 16.6 Å². The van der Waals surface area contributed by atoms with Crippen molar-refractivity contribution in [3.63, 3.8) is 0 Å². The predicted octanol–water partition coefficient (Wildman–Crippen LogP) is 0.581. The van der Waals surface area contributed by atoms with Crippen molar-refractivity contribution in [3.05, 3.63) is 0 Å². The number of alkyl halides is 1. The Morgan fingerprint density at radius 3 is 2.82 bits per heavy atom. The fourth-order valence-electron chi connectivity index (χ4n) is 1.06. The van der Waals surface area contributed by atoms with E-state index in [1.165, 1.54) is 12.0 Å². The van der Waals surface area contributed by atoms with Crippen molar-refractivity contribution in [3.8, 4) is 0 Å². The number of rotatable bonds is 0. The first kappa shape index (κ1) is 9.05. The summed E-state index contributed by atoms with van der Waals surface area (Å²) in [4.78, 5) is 12.2. The van der Waals surface area contributed by atoms with E-state index in [0.717, 1.165) is 6.42 Å². The minimum Gasteiger partial charge on any atom is -0.453 e. The number of aliphatic hydroxyl groups is 1. The van der Waals surface area contributed by atoms with Crippen molar-refractivity contribution >= 4 is 28.7 Å². The summed E-state index contributed by atoms with van der Waals surface area (Å²) < 4.78 is 4.61. The molecule has 1 aliphatic rings. The second-order valence-corrected chi connectivity index (χ2v) is 3.98. The van der Waals surface area contributed by atoms with Gasteiger partial charge in [0.25, 0.3) is 0 Å². The van der Waals surface area contributed by atoms with Crippen LogP contribution in [0.4, 0.5) is 4.79 Å². The van der Waals surface area contributed by atoms with Gasteiger partial charge in [0.1, 0.15) is 6.23 Å². The molecular weight excluding hydrogens is 261 g/mol. The molecular formula is C6H10INO3. The lowest BCUT2D eigenvalue weighted by Gasteiger charge is -2.19. The summed E-state index contributed by atoms with van der Waals surface area (Å²) in [5.74, 6) is 0. The maximum atomic E-state index is 10.9. The molecule has 1 saturated heterocycles. The van der Waals surface area contributed by atoms with Crippen LogP contribution >= 0.6 is 22.6 Å². The average molecular weight is 271 g/mol. The van der Waals surface area contributed by atoms with Crippen LogP contribution in [-0.2, 0) is 4.74 Å². The van der Waals surface area contributed by atoms with E-state index in [1.807, 2.05) is 0 Å². The molecule has 5 heteroatoms. The molecule has 1 fully saturated rings. The van der Waals surface area contributed by atoms with Crippen LogP contribution in [0.15, 0.2) is 0 Å². The molecule has 0 spiro atoms. The fraction of sp³-hybridized carbons (Fsp3) is 0.833. The quantitative estimate of drug-likeness (QED) is 0.518. The SMILES string of the molecule is COC(=O)N1CC[C@@H](I)[C@@H]1O. The predicted molar refractivity (Wildman–Crippen MR) is 47.5 cm³/mol. The van der Waals surface area contributed by atoms with Gasteiger partial charge in [-0.25, -0.2) is 4.79 Å². The Morgan fingerprint density at radius 1 is 1.82 bits per heavy atom. The number of halogens is 1. The van der Waals surface area contributed by atoms with Gasteiger partial charge in [0.15, 0.2) is 0 Å². The van der Waals surface area contributed by atoms with Gasteiger partial charge >= 0.3 is 6.09 Å². The van der Waals surface area contributed by atoms with Gasteiger partial charge in [-0.15, -0.1) is 0 Å². The molecule has 1 amide bonds. The Bertz CT molecular complexity index is 164. The molecule has 0 aliphatic carbocycles. The molecule has 0 bridgehead atoms. The van der Waals surface area contributed by atoms with E-state index < -0.39 is 12.3 Å². The van der Waals surface area contributed by atoms with Crippen LogP contribution in [0.25, 0.3) is 0 Å². The minimum absolute atomic E-state index is 0.131. The van der Waals surface area contributed by atoms with E-state index in [1.54, 1.807) is 0 Å². The summed E-state index contributed by atoms with van der Waals surface area (Å²) in [6.07, 6.45) is -0.295. The molecule has 0 aromatic rings. The molecule has 4 nitrogen and oxygen atoms in total. The van der Waals surface area contributed by atoms with E-state index in [9.17, 15) is 9.90 Å². The number of hydrogen-bond donors (Lipinski definition) is 1. The van der Waals surface area contributed by atoms with Crippen LogP contribution in [0.3, 0.4) is 0 Å². The van der Waals surface area contributed by atoms with E-state index in [0.29, 0.717) is 6.54 Å². The maximum absolute atomic E-state index is 10.9. The number of likely N-dealkylation sites (tertiary alicyclic amines) is 1. The molecule has 1 N–H and O–H groups in total. The number of amides is 1. The number of carbonyl (C=O) groups is 1. The Hall–Kier alpha value is -0.0400. The van der Waals surface area contributed by atoms with Gasteiger partial charge in [-0.2, -0.15) is 0 Å². The normalized spacial score (nSPS) is 30.6. The van der Waals surface area contributed by atoms with E-state index >= 15 is 0 Å². The standard InChI is InChI=1S/C6H10INO3/c1-11-6(10)8-3-2-4(7)5(8)9/h4-5,9H,2-3H2,1H3/t4-,5+/m1/s1. The monoisotopic (exact) mass is 271 g/mol. The summed E-state index contributed by atoms with van der Waals surface area (Å²) in [7, 11) is 1.32. The van der Waals surface area contributed by atoms with Gasteiger partial charge in [-0.3, -0.25) is 4.90 Å². The van der Waals surface area contributed by atoms with Gasteiger partial charge < -0.3 is 9.84 Å². The van der Waals surface area contributed by atoms with Gasteiger partial charge in [0.05, 0.1) is 11.0 Å². The fourth-order valence-corrected chi connectivity index (χ4v) is 1.72. The van der Waals surface area contributed by atoms with Crippen LogP contribution in [0.1, 0.15) is 6.42 Å². The summed E-state index contributed by atoms with van der Waals surface area (Å²) in [5.41, 5.74) is 0. The molecule has 0 aromatic carbocycles. The molecule has 64 valence electrons. The minimum atomic E-state index is -0.678. The number of hydrogen-bond acceptors (Lipinski definition) is 3. The number of nitrogens with zero attached hydrogens (tertiary/aromatic N) is 1. The highest BCUT2D eigenvalue weighted by Crippen LogP contribution is 2.23. The average Bonchev–Trinajstić information content (AvgIpc) is 2.32. The van der Waals surface area contributed by atoms with Gasteiger partial charge in [0, 0.05) is 6.54 Å². The largest absolute Gasteiger partial charge is 0.453 e. The zero-order chi connectivity index (χ0) is 8.43. The van der Waals surface area contributed by atoms with E-state index in [-0.39, 0.29) is 3.92 Å². The second kappa shape index (κ2) is 3.57. The molecule has 11 heavy (non-hydrogen) atoms. The topological polar surface area (TPSA) is 49.8 Å². The highest BCUT2D eigenvalue weighted by atomic mass is 127. The van der Waals surface area contributed by atoms with Crippen molar-refractivity contribution in [2.24, 2.45) is 0 Å². The Labute approximate surface area is 78.6 Å². The molecule has 1 rings (SSSR count). The Balaban J connectivity index is 2.54. The van der Waals surface area contributed by atoms with Crippen LogP contribution in [0.5, 0.6) is 0 Å². The van der Waals surface area contributed by atoms with E-state index in [2.05, 4.69) is 27.3 Å². The molecule has 0 aromatic heterocycles. The number of ether oxygens (including phenoxy) is 1. The molecule has 1 heterocycles. The Morgan fingerprint density at radius 2 is 2.45 bits per heavy atom. The van der Waals surface area contributed by atoms with Gasteiger partial charge in [-0.1, -0.05) is 22.6 Å². The molecule has 0 unspecified atom stereocenters. The highest BCUT2D eigenvalue weighted by molar-refractivity contribution is 14.1. The smallest absolute Gasteiger partial charge is 0.411 e. The third-order valence-corrected chi connectivity index (χ3v) is 2.96. The van der Waals surface area contributed by atoms with E-state index in [4.69, 9.17) is 0 Å². The van der Waals surface area contributed by atoms with Crippen molar-refractivity contribution in [1.29, 1.82) is 0 Å². The lowest BCUT2D eigenvalue weighted by atomic mass is 10.4. The lowest BCUT2D eigenvalue weighted by molar-refractivity contribution is 0.0371. The number of carbonyl (C=O) groups excluding carboxylic acids is 1. The van der Waals surface area contributed by atoms with Crippen LogP contribution in [-0.4, -0.2) is 39.9 Å². The number of aliphatic hydroxyl groups excluding tert-OH is 1. The zero-order valence-electron chi connectivity index (χ0n) is 6.16. The number of methoxy groups -OCH3 is 1. The Kier molecular flexibility index (Phi) is 2.94. The third kappa shape index (κ3) is 1.76. The molecule has 0 radical (unpaired) electrons. The molecule has 1 aliphatic heterocycles. The van der Waals surface area contributed by atoms with Crippen molar-refractivity contribution in [2.75, 3.05) is 13.7 Å².